The monoisotopic (exact) mass is 237 g/mol. The molecule has 0 bridgehead atoms. The second-order valence-electron chi connectivity index (χ2n) is 4.22. The van der Waals surface area contributed by atoms with Crippen LogP contribution in [0.25, 0.3) is 0 Å². The molecule has 3 nitrogen and oxygen atoms in total. The minimum absolute atomic E-state index is 0.260. The van der Waals surface area contributed by atoms with Crippen molar-refractivity contribution < 1.29 is 9.53 Å². The highest BCUT2D eigenvalue weighted by atomic mass is 16.5. The fraction of sp³-hybridized carbons (Fsp3) is 0.643. The smallest absolute Gasteiger partial charge is 0.330 e. The Morgan fingerprint density at radius 2 is 2.41 bits per heavy atom. The summed E-state index contributed by atoms with van der Waals surface area (Å²) in [6.45, 7) is 3.96. The highest BCUT2D eigenvalue weighted by molar-refractivity contribution is 5.81. The van der Waals surface area contributed by atoms with E-state index in [4.69, 9.17) is 4.74 Å². The van der Waals surface area contributed by atoms with Gasteiger partial charge < -0.3 is 10.1 Å². The second-order valence-corrected chi connectivity index (χ2v) is 4.22. The zero-order valence-electron chi connectivity index (χ0n) is 10.7. The number of allylic oxidation sites excluding steroid dienone is 1. The summed E-state index contributed by atoms with van der Waals surface area (Å²) in [4.78, 5) is 11.0. The van der Waals surface area contributed by atoms with Crippen LogP contribution in [0.3, 0.4) is 0 Å². The Labute approximate surface area is 104 Å². The molecule has 1 aliphatic carbocycles. The SMILES string of the molecule is CCOC(=O)/C=C/CNCCC1=CCCCC1. The number of hydrogen-bond donors (Lipinski definition) is 1. The topological polar surface area (TPSA) is 38.3 Å². The van der Waals surface area contributed by atoms with E-state index in [9.17, 15) is 4.79 Å². The highest BCUT2D eigenvalue weighted by Gasteiger charge is 2.02. The predicted octanol–water partition coefficient (Wildman–Crippen LogP) is 2.59. The summed E-state index contributed by atoms with van der Waals surface area (Å²) in [6.07, 6.45) is 12.0. The Morgan fingerprint density at radius 3 is 3.12 bits per heavy atom. The van der Waals surface area contributed by atoms with Crippen molar-refractivity contribution in [2.45, 2.75) is 39.0 Å². The van der Waals surface area contributed by atoms with Crippen LogP contribution in [0.2, 0.25) is 0 Å². The van der Waals surface area contributed by atoms with Gasteiger partial charge >= 0.3 is 5.97 Å². The van der Waals surface area contributed by atoms with Crippen LogP contribution in [-0.4, -0.2) is 25.7 Å². The third kappa shape index (κ3) is 6.95. The van der Waals surface area contributed by atoms with E-state index in [1.807, 2.05) is 13.0 Å². The van der Waals surface area contributed by atoms with E-state index in [-0.39, 0.29) is 5.97 Å². The molecule has 1 N–H and O–H groups in total. The van der Waals surface area contributed by atoms with Gasteiger partial charge in [0.05, 0.1) is 6.61 Å². The minimum atomic E-state index is -0.260. The molecule has 0 radical (unpaired) electrons. The number of carbonyl (C=O) groups is 1. The molecule has 1 rings (SSSR count). The molecule has 0 amide bonds. The van der Waals surface area contributed by atoms with Gasteiger partial charge in [-0.25, -0.2) is 4.79 Å². The van der Waals surface area contributed by atoms with Gasteiger partial charge in [0.25, 0.3) is 0 Å². The fourth-order valence-corrected chi connectivity index (χ4v) is 1.91. The quantitative estimate of drug-likeness (QED) is 0.320. The van der Waals surface area contributed by atoms with Crippen LogP contribution in [0.1, 0.15) is 39.0 Å². The van der Waals surface area contributed by atoms with Crippen molar-refractivity contribution in [1.82, 2.24) is 5.32 Å². The standard InChI is InChI=1S/C14H23NO2/c1-2-17-14(16)9-6-11-15-12-10-13-7-4-3-5-8-13/h6-7,9,15H,2-5,8,10-12H2,1H3/b9-6+. The highest BCUT2D eigenvalue weighted by Crippen LogP contribution is 2.19. The van der Waals surface area contributed by atoms with E-state index in [0.717, 1.165) is 19.5 Å². The molecule has 3 heteroatoms. The second kappa shape index (κ2) is 8.99. The van der Waals surface area contributed by atoms with Crippen LogP contribution in [0, 0.1) is 0 Å². The van der Waals surface area contributed by atoms with Crippen LogP contribution in [0.15, 0.2) is 23.8 Å². The number of ether oxygens (including phenoxy) is 1. The molecule has 0 unspecified atom stereocenters. The van der Waals surface area contributed by atoms with Gasteiger partial charge in [-0.1, -0.05) is 17.7 Å². The van der Waals surface area contributed by atoms with Crippen LogP contribution in [0.4, 0.5) is 0 Å². The Balaban J connectivity index is 2.00. The van der Waals surface area contributed by atoms with Gasteiger partial charge in [0.2, 0.25) is 0 Å². The molecule has 96 valence electrons. The molecular formula is C14H23NO2. The van der Waals surface area contributed by atoms with Crippen LogP contribution < -0.4 is 5.32 Å². The molecule has 0 aromatic rings. The number of carbonyl (C=O) groups excluding carboxylic acids is 1. The first-order valence-corrected chi connectivity index (χ1v) is 6.55. The molecule has 0 atom stereocenters. The minimum Gasteiger partial charge on any atom is -0.463 e. The van der Waals surface area contributed by atoms with E-state index in [1.165, 1.54) is 31.8 Å². The Bertz CT molecular complexity index is 282. The lowest BCUT2D eigenvalue weighted by atomic mass is 9.97. The van der Waals surface area contributed by atoms with Crippen molar-refractivity contribution in [2.75, 3.05) is 19.7 Å². The number of rotatable bonds is 7. The zero-order valence-corrected chi connectivity index (χ0v) is 10.7. The van der Waals surface area contributed by atoms with Gasteiger partial charge in [-0.3, -0.25) is 0 Å². The molecular weight excluding hydrogens is 214 g/mol. The van der Waals surface area contributed by atoms with Crippen molar-refractivity contribution in [3.8, 4) is 0 Å². The van der Waals surface area contributed by atoms with Crippen molar-refractivity contribution in [2.24, 2.45) is 0 Å². The summed E-state index contributed by atoms with van der Waals surface area (Å²) in [7, 11) is 0. The van der Waals surface area contributed by atoms with Crippen LogP contribution >= 0.6 is 0 Å². The van der Waals surface area contributed by atoms with E-state index in [2.05, 4.69) is 11.4 Å². The number of hydrogen-bond acceptors (Lipinski definition) is 3. The third-order valence-electron chi connectivity index (χ3n) is 2.81. The number of nitrogens with one attached hydrogen (secondary N) is 1. The lowest BCUT2D eigenvalue weighted by molar-refractivity contribution is -0.137. The summed E-state index contributed by atoms with van der Waals surface area (Å²) in [5.41, 5.74) is 1.58. The average Bonchev–Trinajstić information content (AvgIpc) is 2.35. The maximum atomic E-state index is 11.0. The fourth-order valence-electron chi connectivity index (χ4n) is 1.91. The van der Waals surface area contributed by atoms with E-state index in [0.29, 0.717) is 6.61 Å². The van der Waals surface area contributed by atoms with Gasteiger partial charge in [0.15, 0.2) is 0 Å². The number of esters is 1. The Hall–Kier alpha value is -1.09. The molecule has 0 saturated heterocycles. The van der Waals surface area contributed by atoms with Gasteiger partial charge in [-0.2, -0.15) is 0 Å². The molecule has 0 aromatic heterocycles. The van der Waals surface area contributed by atoms with E-state index < -0.39 is 0 Å². The lowest BCUT2D eigenvalue weighted by Gasteiger charge is -2.12. The molecule has 0 heterocycles. The first-order valence-electron chi connectivity index (χ1n) is 6.55. The van der Waals surface area contributed by atoms with Gasteiger partial charge in [0, 0.05) is 12.6 Å². The third-order valence-corrected chi connectivity index (χ3v) is 2.81. The average molecular weight is 237 g/mol. The van der Waals surface area contributed by atoms with Crippen LogP contribution in [-0.2, 0) is 9.53 Å². The van der Waals surface area contributed by atoms with E-state index in [1.54, 1.807) is 5.57 Å². The largest absolute Gasteiger partial charge is 0.463 e. The molecule has 0 saturated carbocycles. The molecule has 0 aromatic carbocycles. The summed E-state index contributed by atoms with van der Waals surface area (Å²) in [5.74, 6) is -0.260. The van der Waals surface area contributed by atoms with Gasteiger partial charge in [-0.05, 0) is 45.6 Å². The molecule has 1 aliphatic rings. The van der Waals surface area contributed by atoms with Crippen LogP contribution in [0.5, 0.6) is 0 Å². The van der Waals surface area contributed by atoms with E-state index >= 15 is 0 Å². The van der Waals surface area contributed by atoms with Gasteiger partial charge in [0.1, 0.15) is 0 Å². The molecule has 0 fully saturated rings. The first-order chi connectivity index (χ1) is 8.33. The summed E-state index contributed by atoms with van der Waals surface area (Å²) in [5, 5.41) is 3.29. The molecule has 0 aliphatic heterocycles. The summed E-state index contributed by atoms with van der Waals surface area (Å²) < 4.78 is 4.78. The van der Waals surface area contributed by atoms with Crippen molar-refractivity contribution >= 4 is 5.97 Å². The normalized spacial score (nSPS) is 15.9. The maximum absolute atomic E-state index is 11.0. The predicted molar refractivity (Wildman–Crippen MR) is 69.8 cm³/mol. The van der Waals surface area contributed by atoms with Crippen molar-refractivity contribution in [3.63, 3.8) is 0 Å². The Kier molecular flexibility index (Phi) is 7.39. The zero-order chi connectivity index (χ0) is 12.3. The first kappa shape index (κ1) is 14.0. The summed E-state index contributed by atoms with van der Waals surface area (Å²) >= 11 is 0. The van der Waals surface area contributed by atoms with Gasteiger partial charge in [-0.15, -0.1) is 0 Å². The Morgan fingerprint density at radius 1 is 1.53 bits per heavy atom. The lowest BCUT2D eigenvalue weighted by Crippen LogP contribution is -2.16. The maximum Gasteiger partial charge on any atom is 0.330 e. The van der Waals surface area contributed by atoms with Crippen molar-refractivity contribution in [3.05, 3.63) is 23.8 Å². The molecule has 0 spiro atoms. The van der Waals surface area contributed by atoms with Crippen molar-refractivity contribution in [1.29, 1.82) is 0 Å². The molecule has 17 heavy (non-hydrogen) atoms. The summed E-state index contributed by atoms with van der Waals surface area (Å²) in [6, 6.07) is 0.